The molecule has 0 heterocycles. The zero-order chi connectivity index (χ0) is 26.8. The molecule has 1 aromatic rings. The first kappa shape index (κ1) is 26.6. The molecule has 4 aliphatic carbocycles. The highest BCUT2D eigenvalue weighted by Crippen LogP contribution is 2.70. The Hall–Kier alpha value is -1.97. The quantitative estimate of drug-likeness (QED) is 0.458. The first-order valence-electron chi connectivity index (χ1n) is 13.3. The molecule has 4 N–H and O–H groups in total. The molecule has 1 aromatic carbocycles. The summed E-state index contributed by atoms with van der Waals surface area (Å²) in [5, 5.41) is 43.9. The Balaban J connectivity index is 1.50. The summed E-state index contributed by atoms with van der Waals surface area (Å²) < 4.78 is 23.4. The van der Waals surface area contributed by atoms with Gasteiger partial charge in [0.25, 0.3) is 0 Å². The second-order valence-electron chi connectivity index (χ2n) is 12.0. The van der Waals surface area contributed by atoms with Gasteiger partial charge in [0.15, 0.2) is 17.2 Å². The second kappa shape index (κ2) is 9.06. The fourth-order valence-electron chi connectivity index (χ4n) is 8.35. The van der Waals surface area contributed by atoms with Crippen LogP contribution in [0.15, 0.2) is 42.0 Å². The lowest BCUT2D eigenvalue weighted by atomic mass is 9.44. The van der Waals surface area contributed by atoms with Gasteiger partial charge in [-0.1, -0.05) is 49.8 Å². The number of benzene rings is 1. The van der Waals surface area contributed by atoms with Crippen LogP contribution in [-0.4, -0.2) is 68.7 Å². The average molecular weight is 517 g/mol. The van der Waals surface area contributed by atoms with Gasteiger partial charge >= 0.3 is 0 Å². The molecule has 0 aromatic heterocycles. The maximum atomic E-state index is 17.4. The molecule has 3 saturated carbocycles. The molecule has 0 spiro atoms. The van der Waals surface area contributed by atoms with Crippen LogP contribution in [0.25, 0.3) is 0 Å². The van der Waals surface area contributed by atoms with E-state index in [0.717, 1.165) is 5.57 Å². The third-order valence-corrected chi connectivity index (χ3v) is 10.4. The number of allylic oxidation sites excluding steroid dienone is 1. The van der Waals surface area contributed by atoms with Crippen molar-refractivity contribution in [1.29, 1.82) is 0 Å². The summed E-state index contributed by atoms with van der Waals surface area (Å²) in [6.45, 7) is 2.35. The molecule has 37 heavy (non-hydrogen) atoms. The predicted molar refractivity (Wildman–Crippen MR) is 132 cm³/mol. The van der Waals surface area contributed by atoms with Gasteiger partial charge < -0.3 is 25.2 Å². The van der Waals surface area contributed by atoms with Gasteiger partial charge in [-0.15, -0.1) is 0 Å². The Morgan fingerprint density at radius 3 is 2.57 bits per heavy atom. The van der Waals surface area contributed by atoms with E-state index in [9.17, 15) is 30.0 Å². The monoisotopic (exact) mass is 516 g/mol. The Morgan fingerprint density at radius 1 is 1.19 bits per heavy atom. The second-order valence-corrected chi connectivity index (χ2v) is 12.0. The van der Waals surface area contributed by atoms with Crippen molar-refractivity contribution >= 4 is 11.6 Å². The van der Waals surface area contributed by atoms with E-state index in [1.807, 2.05) is 6.07 Å². The number of fused-ring (bicyclic) bond motifs is 5. The molecule has 8 heteroatoms. The molecule has 7 nitrogen and oxygen atoms in total. The summed E-state index contributed by atoms with van der Waals surface area (Å²) in [6.07, 6.45) is -0.691. The summed E-state index contributed by atoms with van der Waals surface area (Å²) >= 11 is 0. The number of hydrogen-bond donors (Lipinski definition) is 4. The number of aliphatic hydroxyl groups is 4. The molecular formula is C29H37FO7. The third-order valence-electron chi connectivity index (χ3n) is 10.4. The van der Waals surface area contributed by atoms with Crippen molar-refractivity contribution in [2.24, 2.45) is 22.7 Å². The predicted octanol–water partition coefficient (Wildman–Crippen LogP) is 2.60. The fraction of sp³-hybridized carbons (Fsp3) is 0.655. The van der Waals surface area contributed by atoms with Gasteiger partial charge in [-0.05, 0) is 49.7 Å². The van der Waals surface area contributed by atoms with Crippen LogP contribution >= 0.6 is 0 Å². The van der Waals surface area contributed by atoms with Crippen molar-refractivity contribution in [2.75, 3.05) is 13.2 Å². The number of halogens is 1. The number of hydrogen-bond acceptors (Lipinski definition) is 7. The molecule has 2 unspecified atom stereocenters. The summed E-state index contributed by atoms with van der Waals surface area (Å²) in [5.74, 6) is -2.06. The van der Waals surface area contributed by atoms with Gasteiger partial charge in [0, 0.05) is 23.2 Å². The molecule has 0 radical (unpaired) electrons. The van der Waals surface area contributed by atoms with Crippen LogP contribution < -0.4 is 0 Å². The standard InChI is InChI=1S/C29H37FO7/c1-26-11-10-19(32)12-18(26)8-9-20-21-13-25(37-16-22(33)17-6-4-3-5-7-17)29(36,24(35)15-31)27(21,2)14-23(34)28(20,26)30/h3-7,12,20-23,25,31,33-34,36H,8-11,13-16H2,1-2H3/t20-,21-,22?,23-,25+,26-,27-,28?,29+/m0/s1. The minimum atomic E-state index is -2.16. The van der Waals surface area contributed by atoms with Crippen molar-refractivity contribution in [3.8, 4) is 0 Å². The van der Waals surface area contributed by atoms with Gasteiger partial charge in [0.1, 0.15) is 18.4 Å². The van der Waals surface area contributed by atoms with Crippen molar-refractivity contribution in [1.82, 2.24) is 0 Å². The van der Waals surface area contributed by atoms with E-state index in [4.69, 9.17) is 4.74 Å². The van der Waals surface area contributed by atoms with Crippen molar-refractivity contribution < 1.29 is 39.1 Å². The minimum Gasteiger partial charge on any atom is -0.390 e. The van der Waals surface area contributed by atoms with Gasteiger partial charge in [-0.25, -0.2) is 4.39 Å². The number of rotatable bonds is 6. The number of carbonyl (C=O) groups excluding carboxylic acids is 2. The van der Waals surface area contributed by atoms with Crippen molar-refractivity contribution in [3.05, 3.63) is 47.5 Å². The molecule has 202 valence electrons. The van der Waals surface area contributed by atoms with Crippen LogP contribution in [0.2, 0.25) is 0 Å². The van der Waals surface area contributed by atoms with Crippen LogP contribution in [0.5, 0.6) is 0 Å². The van der Waals surface area contributed by atoms with E-state index < -0.39 is 64.6 Å². The van der Waals surface area contributed by atoms with E-state index in [1.54, 1.807) is 44.2 Å². The van der Waals surface area contributed by atoms with E-state index in [2.05, 4.69) is 0 Å². The maximum absolute atomic E-state index is 17.4. The smallest absolute Gasteiger partial charge is 0.192 e. The summed E-state index contributed by atoms with van der Waals surface area (Å²) in [4.78, 5) is 25.2. The first-order chi connectivity index (χ1) is 17.4. The highest BCUT2D eigenvalue weighted by Gasteiger charge is 2.76. The van der Waals surface area contributed by atoms with Gasteiger partial charge in [-0.2, -0.15) is 0 Å². The number of aliphatic hydroxyl groups excluding tert-OH is 3. The molecule has 5 rings (SSSR count). The van der Waals surface area contributed by atoms with E-state index in [0.29, 0.717) is 24.8 Å². The zero-order valence-electron chi connectivity index (χ0n) is 21.4. The largest absolute Gasteiger partial charge is 0.390 e. The first-order valence-corrected chi connectivity index (χ1v) is 13.3. The summed E-state index contributed by atoms with van der Waals surface area (Å²) in [6, 6.07) is 8.86. The number of Topliss-reactive ketones (excluding diaryl/α,β-unsaturated/α-hetero) is 1. The van der Waals surface area contributed by atoms with Crippen LogP contribution in [0.3, 0.4) is 0 Å². The number of carbonyl (C=O) groups is 2. The lowest BCUT2D eigenvalue weighted by molar-refractivity contribution is -0.232. The Labute approximate surface area is 216 Å². The van der Waals surface area contributed by atoms with Crippen molar-refractivity contribution in [2.45, 2.75) is 82.0 Å². The number of ketones is 2. The summed E-state index contributed by atoms with van der Waals surface area (Å²) in [5.41, 5.74) is -5.13. The number of ether oxygens (including phenoxy) is 1. The van der Waals surface area contributed by atoms with Gasteiger partial charge in [0.05, 0.1) is 18.8 Å². The third kappa shape index (κ3) is 3.56. The van der Waals surface area contributed by atoms with Gasteiger partial charge in [0.2, 0.25) is 0 Å². The van der Waals surface area contributed by atoms with E-state index in [1.165, 1.54) is 0 Å². The molecule has 9 atom stereocenters. The molecular weight excluding hydrogens is 479 g/mol. The van der Waals surface area contributed by atoms with Crippen LogP contribution in [0.4, 0.5) is 4.39 Å². The van der Waals surface area contributed by atoms with E-state index >= 15 is 4.39 Å². The maximum Gasteiger partial charge on any atom is 0.192 e. The van der Waals surface area contributed by atoms with Crippen molar-refractivity contribution in [3.63, 3.8) is 0 Å². The van der Waals surface area contributed by atoms with E-state index in [-0.39, 0.29) is 31.7 Å². The molecule has 3 fully saturated rings. The normalized spacial score (nSPS) is 43.9. The molecule has 0 bridgehead atoms. The Kier molecular flexibility index (Phi) is 6.52. The van der Waals surface area contributed by atoms with Gasteiger partial charge in [-0.3, -0.25) is 9.59 Å². The minimum absolute atomic E-state index is 0.0288. The van der Waals surface area contributed by atoms with Crippen LogP contribution in [-0.2, 0) is 14.3 Å². The number of alkyl halides is 1. The fourth-order valence-corrected chi connectivity index (χ4v) is 8.35. The topological polar surface area (TPSA) is 124 Å². The lowest BCUT2D eigenvalue weighted by Crippen LogP contribution is -2.70. The Bertz CT molecular complexity index is 1110. The lowest BCUT2D eigenvalue weighted by Gasteiger charge is -2.63. The zero-order valence-corrected chi connectivity index (χ0v) is 21.4. The molecule has 0 aliphatic heterocycles. The summed E-state index contributed by atoms with van der Waals surface area (Å²) in [7, 11) is 0. The molecule has 0 saturated heterocycles. The molecule has 0 amide bonds. The van der Waals surface area contributed by atoms with Crippen LogP contribution in [0, 0.1) is 22.7 Å². The van der Waals surface area contributed by atoms with Crippen LogP contribution in [0.1, 0.15) is 64.0 Å². The average Bonchev–Trinajstić information content (AvgIpc) is 3.11. The SMILES string of the molecule is C[C@]12CCC(=O)C=C1CC[C@H]1[C@@H]3C[C@@H](OCC(O)c4ccccc4)[C@](O)(C(=O)CO)[C@@]3(C)C[C@H](O)C12F. The molecule has 4 aliphatic rings. The highest BCUT2D eigenvalue weighted by atomic mass is 19.1. The highest BCUT2D eigenvalue weighted by molar-refractivity contribution is 5.92. The Morgan fingerprint density at radius 2 is 1.89 bits per heavy atom.